The van der Waals surface area contributed by atoms with E-state index in [0.717, 1.165) is 0 Å². The van der Waals surface area contributed by atoms with Gasteiger partial charge in [0.1, 0.15) is 52.1 Å². The minimum atomic E-state index is -3.94. The van der Waals surface area contributed by atoms with Gasteiger partial charge in [0.15, 0.2) is 0 Å². The van der Waals surface area contributed by atoms with E-state index in [-0.39, 0.29) is 55.8 Å². The summed E-state index contributed by atoms with van der Waals surface area (Å²) >= 11 is 0. The molecule has 4 aromatic carbocycles. The minimum Gasteiger partial charge on any atom is -0.508 e. The third-order valence-electron chi connectivity index (χ3n) is 5.45. The molecule has 1 unspecified atom stereocenters. The van der Waals surface area contributed by atoms with Gasteiger partial charge in [-0.25, -0.2) is 16.8 Å². The standard InChI is InChI=1S/C27H24O9S2/c28-19-9-13-22(14-10-19)38(33,34)27-8-4-2-6-25(27)36-18-20(29)17-35-21-11-15-23(16-12-21)37(31,32)26-7-3-1-5-24(26)30/h1-16,20,28-30H,17-18H2. The molecule has 4 rings (SSSR count). The second-order valence-electron chi connectivity index (χ2n) is 8.16. The van der Waals surface area contributed by atoms with E-state index in [1.54, 1.807) is 12.1 Å². The van der Waals surface area contributed by atoms with Gasteiger partial charge in [0, 0.05) is 0 Å². The maximum atomic E-state index is 13.0. The summed E-state index contributed by atoms with van der Waals surface area (Å²) in [6, 6.07) is 22.2. The molecule has 0 aliphatic rings. The molecule has 198 valence electrons. The third kappa shape index (κ3) is 5.91. The van der Waals surface area contributed by atoms with Crippen LogP contribution in [-0.2, 0) is 19.7 Å². The highest BCUT2D eigenvalue weighted by atomic mass is 32.2. The van der Waals surface area contributed by atoms with E-state index in [1.165, 1.54) is 84.9 Å². The van der Waals surface area contributed by atoms with E-state index in [9.17, 15) is 32.2 Å². The molecule has 0 aliphatic heterocycles. The number of ether oxygens (including phenoxy) is 2. The molecule has 0 radical (unpaired) electrons. The lowest BCUT2D eigenvalue weighted by molar-refractivity contribution is 0.0616. The van der Waals surface area contributed by atoms with Crippen molar-refractivity contribution in [3.05, 3.63) is 97.1 Å². The fourth-order valence-corrected chi connectivity index (χ4v) is 6.24. The number of aliphatic hydroxyl groups excluding tert-OH is 1. The van der Waals surface area contributed by atoms with Crippen molar-refractivity contribution in [1.29, 1.82) is 0 Å². The molecular weight excluding hydrogens is 532 g/mol. The van der Waals surface area contributed by atoms with Crippen LogP contribution >= 0.6 is 0 Å². The van der Waals surface area contributed by atoms with Crippen molar-refractivity contribution < 1.29 is 41.6 Å². The van der Waals surface area contributed by atoms with E-state index in [0.29, 0.717) is 0 Å². The third-order valence-corrected chi connectivity index (χ3v) is 9.07. The minimum absolute atomic E-state index is 0.0248. The number of benzene rings is 4. The Kier molecular flexibility index (Phi) is 7.91. The first-order valence-electron chi connectivity index (χ1n) is 11.3. The Labute approximate surface area is 220 Å². The van der Waals surface area contributed by atoms with Crippen LogP contribution in [0.1, 0.15) is 0 Å². The fourth-order valence-electron chi connectivity index (χ4n) is 3.50. The molecule has 1 atom stereocenters. The smallest absolute Gasteiger partial charge is 0.210 e. The molecule has 0 saturated carbocycles. The summed E-state index contributed by atoms with van der Waals surface area (Å²) < 4.78 is 62.6. The summed E-state index contributed by atoms with van der Waals surface area (Å²) in [5, 5.41) is 29.6. The average molecular weight is 557 g/mol. The highest BCUT2D eigenvalue weighted by molar-refractivity contribution is 7.92. The molecule has 0 aromatic heterocycles. The van der Waals surface area contributed by atoms with Gasteiger partial charge in [0.25, 0.3) is 0 Å². The lowest BCUT2D eigenvalue weighted by Crippen LogP contribution is -2.25. The Balaban J connectivity index is 1.38. The maximum Gasteiger partial charge on any atom is 0.210 e. The molecule has 0 heterocycles. The number of sulfone groups is 2. The number of hydrogen-bond acceptors (Lipinski definition) is 9. The van der Waals surface area contributed by atoms with E-state index >= 15 is 0 Å². The van der Waals surface area contributed by atoms with Gasteiger partial charge < -0.3 is 24.8 Å². The molecule has 4 aromatic rings. The van der Waals surface area contributed by atoms with Crippen molar-refractivity contribution in [3.8, 4) is 23.0 Å². The van der Waals surface area contributed by atoms with E-state index in [4.69, 9.17) is 9.47 Å². The largest absolute Gasteiger partial charge is 0.508 e. The van der Waals surface area contributed by atoms with E-state index in [2.05, 4.69) is 0 Å². The van der Waals surface area contributed by atoms with Crippen molar-refractivity contribution >= 4 is 19.7 Å². The van der Waals surface area contributed by atoms with Crippen LogP contribution < -0.4 is 9.47 Å². The molecular formula is C27H24O9S2. The lowest BCUT2D eigenvalue weighted by Gasteiger charge is -2.16. The van der Waals surface area contributed by atoms with Crippen LogP contribution in [0.15, 0.2) is 117 Å². The number of hydrogen-bond donors (Lipinski definition) is 3. The summed E-state index contributed by atoms with van der Waals surface area (Å²) in [7, 11) is -7.87. The van der Waals surface area contributed by atoms with Crippen LogP contribution in [0.2, 0.25) is 0 Å². The van der Waals surface area contributed by atoms with Gasteiger partial charge in [-0.3, -0.25) is 0 Å². The SMILES string of the molecule is O=S(=O)(c1ccc(OCC(O)COc2ccccc2S(=O)(=O)c2ccc(O)cc2)cc1)c1ccccc1O. The van der Waals surface area contributed by atoms with Crippen LogP contribution in [0, 0.1) is 0 Å². The average Bonchev–Trinajstić information content (AvgIpc) is 2.91. The molecule has 0 bridgehead atoms. The quantitative estimate of drug-likeness (QED) is 0.267. The van der Waals surface area contributed by atoms with Crippen LogP contribution in [0.4, 0.5) is 0 Å². The number of rotatable bonds is 10. The highest BCUT2D eigenvalue weighted by Gasteiger charge is 2.23. The zero-order chi connectivity index (χ0) is 27.3. The maximum absolute atomic E-state index is 13.0. The van der Waals surface area contributed by atoms with Crippen molar-refractivity contribution in [2.24, 2.45) is 0 Å². The summed E-state index contributed by atoms with van der Waals surface area (Å²) in [4.78, 5) is -0.376. The summed E-state index contributed by atoms with van der Waals surface area (Å²) in [6.07, 6.45) is -1.14. The van der Waals surface area contributed by atoms with Crippen molar-refractivity contribution in [3.63, 3.8) is 0 Å². The Bertz CT molecular complexity index is 1610. The predicted molar refractivity (Wildman–Crippen MR) is 137 cm³/mol. The van der Waals surface area contributed by atoms with Gasteiger partial charge in [-0.2, -0.15) is 0 Å². The Hall–Kier alpha value is -4.06. The molecule has 0 fully saturated rings. The second-order valence-corrected chi connectivity index (χ2v) is 12.0. The Morgan fingerprint density at radius 1 is 0.605 bits per heavy atom. The van der Waals surface area contributed by atoms with Crippen molar-refractivity contribution in [2.45, 2.75) is 25.7 Å². The Morgan fingerprint density at radius 3 is 1.74 bits per heavy atom. The molecule has 38 heavy (non-hydrogen) atoms. The molecule has 0 amide bonds. The number of aliphatic hydroxyl groups is 1. The number of phenolic OH excluding ortho intramolecular Hbond substituents is 2. The predicted octanol–water partition coefficient (Wildman–Crippen LogP) is 3.58. The van der Waals surface area contributed by atoms with Crippen LogP contribution in [0.25, 0.3) is 0 Å². The van der Waals surface area contributed by atoms with Crippen molar-refractivity contribution in [2.75, 3.05) is 13.2 Å². The molecule has 0 spiro atoms. The summed E-state index contributed by atoms with van der Waals surface area (Å²) in [5.74, 6) is -0.0920. The Morgan fingerprint density at radius 2 is 1.11 bits per heavy atom. The molecule has 9 nitrogen and oxygen atoms in total. The van der Waals surface area contributed by atoms with Gasteiger partial charge in [0.05, 0.1) is 9.79 Å². The van der Waals surface area contributed by atoms with Gasteiger partial charge in [-0.05, 0) is 72.8 Å². The summed E-state index contributed by atoms with van der Waals surface area (Å²) in [5.41, 5.74) is 0. The fraction of sp³-hybridized carbons (Fsp3) is 0.111. The first-order chi connectivity index (χ1) is 18.1. The van der Waals surface area contributed by atoms with Gasteiger partial charge >= 0.3 is 0 Å². The van der Waals surface area contributed by atoms with Crippen LogP contribution in [0.3, 0.4) is 0 Å². The highest BCUT2D eigenvalue weighted by Crippen LogP contribution is 2.31. The van der Waals surface area contributed by atoms with E-state index < -0.39 is 25.8 Å². The molecule has 0 saturated heterocycles. The molecule has 0 aliphatic carbocycles. The van der Waals surface area contributed by atoms with Crippen molar-refractivity contribution in [1.82, 2.24) is 0 Å². The van der Waals surface area contributed by atoms with Crippen LogP contribution in [0.5, 0.6) is 23.0 Å². The molecule has 11 heteroatoms. The number of phenols is 2. The van der Waals surface area contributed by atoms with E-state index in [1.807, 2.05) is 0 Å². The summed E-state index contributed by atoms with van der Waals surface area (Å²) in [6.45, 7) is -0.486. The van der Waals surface area contributed by atoms with Gasteiger partial charge in [0.2, 0.25) is 19.7 Å². The second kappa shape index (κ2) is 11.1. The normalized spacial score (nSPS) is 12.6. The number of para-hydroxylation sites is 2. The zero-order valence-electron chi connectivity index (χ0n) is 19.8. The number of aromatic hydroxyl groups is 2. The van der Waals surface area contributed by atoms with Gasteiger partial charge in [-0.1, -0.05) is 24.3 Å². The first kappa shape index (κ1) is 27.0. The topological polar surface area (TPSA) is 147 Å². The monoisotopic (exact) mass is 556 g/mol. The lowest BCUT2D eigenvalue weighted by atomic mass is 10.3. The first-order valence-corrected chi connectivity index (χ1v) is 14.3. The van der Waals surface area contributed by atoms with Gasteiger partial charge in [-0.15, -0.1) is 0 Å². The van der Waals surface area contributed by atoms with Crippen LogP contribution in [-0.4, -0.2) is 51.5 Å². The molecule has 3 N–H and O–H groups in total. The zero-order valence-corrected chi connectivity index (χ0v) is 21.5.